The summed E-state index contributed by atoms with van der Waals surface area (Å²) in [5.74, 6) is 3.26. The molecule has 4 aromatic rings. The molecule has 0 radical (unpaired) electrons. The molecule has 9 heteroatoms. The van der Waals surface area contributed by atoms with Crippen LogP contribution in [-0.4, -0.2) is 55.0 Å². The second kappa shape index (κ2) is 7.67. The van der Waals surface area contributed by atoms with Crippen molar-refractivity contribution in [3.63, 3.8) is 0 Å². The first-order valence-electron chi connectivity index (χ1n) is 11.1. The number of thiazole rings is 1. The van der Waals surface area contributed by atoms with Gasteiger partial charge in [-0.25, -0.2) is 9.97 Å². The number of nitrogens with zero attached hydrogens (tertiary/aromatic N) is 6. The van der Waals surface area contributed by atoms with Gasteiger partial charge in [-0.3, -0.25) is 0 Å². The third-order valence-corrected chi connectivity index (χ3v) is 8.98. The molecule has 1 aliphatic carbocycles. The topological polar surface area (TPSA) is 72.9 Å². The predicted octanol–water partition coefficient (Wildman–Crippen LogP) is 4.45. The summed E-state index contributed by atoms with van der Waals surface area (Å²) in [5.41, 5.74) is 3.87. The molecule has 2 aliphatic rings. The summed E-state index contributed by atoms with van der Waals surface area (Å²) in [7, 11) is 1.98. The molecule has 1 unspecified atom stereocenters. The summed E-state index contributed by atoms with van der Waals surface area (Å²) in [5, 5.41) is 10.7. The molecule has 7 nitrogen and oxygen atoms in total. The molecule has 0 bridgehead atoms. The number of likely N-dealkylation sites (tertiary alicyclic amines) is 1. The minimum atomic E-state index is 0.367. The Kier molecular flexibility index (Phi) is 4.89. The van der Waals surface area contributed by atoms with Crippen molar-refractivity contribution in [3.05, 3.63) is 40.9 Å². The van der Waals surface area contributed by atoms with E-state index in [9.17, 15) is 0 Å². The lowest BCUT2D eigenvalue weighted by Gasteiger charge is -2.21. The average Bonchev–Trinajstić information content (AvgIpc) is 3.20. The van der Waals surface area contributed by atoms with E-state index < -0.39 is 0 Å². The number of fused-ring (bicyclic) bond motifs is 2. The number of oxazole rings is 1. The number of hydrogen-bond donors (Lipinski definition) is 0. The van der Waals surface area contributed by atoms with Crippen LogP contribution in [0.3, 0.4) is 0 Å². The molecule has 2 atom stereocenters. The van der Waals surface area contributed by atoms with Crippen LogP contribution in [0.1, 0.15) is 29.1 Å². The summed E-state index contributed by atoms with van der Waals surface area (Å²) < 4.78 is 8.77. The quantitative estimate of drug-likeness (QED) is 0.294. The van der Waals surface area contributed by atoms with E-state index in [2.05, 4.69) is 45.2 Å². The second-order valence-corrected chi connectivity index (χ2v) is 11.3. The van der Waals surface area contributed by atoms with Crippen LogP contribution in [0.25, 0.3) is 21.8 Å². The van der Waals surface area contributed by atoms with Gasteiger partial charge in [0.1, 0.15) is 0 Å². The van der Waals surface area contributed by atoms with Gasteiger partial charge in [0.25, 0.3) is 0 Å². The van der Waals surface area contributed by atoms with E-state index in [0.29, 0.717) is 11.2 Å². The smallest absolute Gasteiger partial charge is 0.202 e. The van der Waals surface area contributed by atoms with Crippen LogP contribution < -0.4 is 0 Å². The largest absolute Gasteiger partial charge is 0.440 e. The van der Waals surface area contributed by atoms with Gasteiger partial charge in [-0.1, -0.05) is 17.8 Å². The normalized spacial score (nSPS) is 22.7. The molecule has 0 amide bonds. The van der Waals surface area contributed by atoms with Crippen LogP contribution in [0.5, 0.6) is 0 Å². The fourth-order valence-corrected chi connectivity index (χ4v) is 6.81. The number of aromatic nitrogens is 5. The monoisotopic (exact) mass is 466 g/mol. The number of aryl methyl sites for hydroxylation is 2. The lowest BCUT2D eigenvalue weighted by atomic mass is 9.95. The molecule has 1 saturated carbocycles. The second-order valence-electron chi connectivity index (χ2n) is 9.04. The zero-order valence-electron chi connectivity index (χ0n) is 18.5. The molecule has 0 spiro atoms. The van der Waals surface area contributed by atoms with Gasteiger partial charge >= 0.3 is 0 Å². The summed E-state index contributed by atoms with van der Waals surface area (Å²) in [6.07, 6.45) is 3.92. The van der Waals surface area contributed by atoms with E-state index in [1.54, 1.807) is 23.1 Å². The minimum Gasteiger partial charge on any atom is -0.440 e. The van der Waals surface area contributed by atoms with Gasteiger partial charge < -0.3 is 13.9 Å². The van der Waals surface area contributed by atoms with Gasteiger partial charge in [-0.2, -0.15) is 0 Å². The van der Waals surface area contributed by atoms with E-state index in [-0.39, 0.29) is 0 Å². The molecule has 6 rings (SSSR count). The maximum atomic E-state index is 5.47. The third kappa shape index (κ3) is 3.38. The number of benzene rings is 1. The summed E-state index contributed by atoms with van der Waals surface area (Å²) in [6.45, 7) is 7.54. The van der Waals surface area contributed by atoms with Crippen molar-refractivity contribution in [1.82, 2.24) is 29.6 Å². The van der Waals surface area contributed by atoms with Crippen LogP contribution in [0.2, 0.25) is 0 Å². The van der Waals surface area contributed by atoms with Gasteiger partial charge in [-0.15, -0.1) is 21.5 Å². The highest BCUT2D eigenvalue weighted by molar-refractivity contribution is 7.99. The number of thioether (sulfide) groups is 1. The van der Waals surface area contributed by atoms with Crippen molar-refractivity contribution in [1.29, 1.82) is 0 Å². The first-order valence-corrected chi connectivity index (χ1v) is 12.9. The molecule has 4 heterocycles. The fourth-order valence-electron chi connectivity index (χ4n) is 5.16. The van der Waals surface area contributed by atoms with E-state index >= 15 is 0 Å². The molecule has 1 aliphatic heterocycles. The van der Waals surface area contributed by atoms with Gasteiger partial charge in [0, 0.05) is 31.3 Å². The Morgan fingerprint density at radius 2 is 2.19 bits per heavy atom. The van der Waals surface area contributed by atoms with Gasteiger partial charge in [0.2, 0.25) is 5.82 Å². The Morgan fingerprint density at radius 1 is 1.28 bits per heavy atom. The average molecular weight is 467 g/mol. The van der Waals surface area contributed by atoms with E-state index in [1.807, 2.05) is 18.5 Å². The fraction of sp³-hybridized carbons (Fsp3) is 0.478. The molecule has 2 fully saturated rings. The van der Waals surface area contributed by atoms with Crippen molar-refractivity contribution in [3.8, 4) is 11.6 Å². The Balaban J connectivity index is 1.04. The van der Waals surface area contributed by atoms with E-state index in [0.717, 1.165) is 46.3 Å². The highest BCUT2D eigenvalue weighted by atomic mass is 32.2. The summed E-state index contributed by atoms with van der Waals surface area (Å²) in [4.78, 5) is 11.5. The van der Waals surface area contributed by atoms with Crippen LogP contribution in [0.4, 0.5) is 0 Å². The maximum Gasteiger partial charge on any atom is 0.202 e. The number of hydrogen-bond acceptors (Lipinski definition) is 8. The lowest BCUT2D eigenvalue weighted by molar-refractivity contribution is 0.299. The molecular weight excluding hydrogens is 440 g/mol. The van der Waals surface area contributed by atoms with Crippen LogP contribution in [-0.2, 0) is 12.5 Å². The first-order chi connectivity index (χ1) is 15.5. The van der Waals surface area contributed by atoms with Gasteiger partial charge in [0.15, 0.2) is 17.3 Å². The van der Waals surface area contributed by atoms with Crippen LogP contribution in [0, 0.1) is 19.8 Å². The van der Waals surface area contributed by atoms with Crippen molar-refractivity contribution in [2.24, 2.45) is 13.0 Å². The SMILES string of the molecule is Cc1nc2cc(C34C[C@H]3CN(CCCSc3nnc(-c5ocnc5C)n3C)C4)ccc2s1. The van der Waals surface area contributed by atoms with E-state index in [4.69, 9.17) is 9.40 Å². The number of piperidine rings is 1. The Labute approximate surface area is 195 Å². The molecule has 166 valence electrons. The van der Waals surface area contributed by atoms with Crippen LogP contribution in [0.15, 0.2) is 34.2 Å². The summed E-state index contributed by atoms with van der Waals surface area (Å²) in [6, 6.07) is 6.97. The zero-order chi connectivity index (χ0) is 21.9. The van der Waals surface area contributed by atoms with Gasteiger partial charge in [0.05, 0.1) is 20.9 Å². The van der Waals surface area contributed by atoms with Crippen molar-refractivity contribution < 1.29 is 4.42 Å². The molecule has 1 aromatic carbocycles. The lowest BCUT2D eigenvalue weighted by Crippen LogP contribution is -2.27. The molecule has 32 heavy (non-hydrogen) atoms. The Hall–Kier alpha value is -2.23. The van der Waals surface area contributed by atoms with E-state index in [1.165, 1.54) is 41.7 Å². The highest BCUT2D eigenvalue weighted by Crippen LogP contribution is 2.59. The molecule has 0 N–H and O–H groups in total. The standard InChI is InChI=1S/C23H26N6OS2/c1-14-20(30-13-24-14)21-26-27-22(28(21)3)31-8-4-7-29-11-17-10-23(17,12-29)16-5-6-19-18(9-16)25-15(2)32-19/h5-6,9,13,17H,4,7-8,10-12H2,1-3H3/t17-,23?/m0/s1. The highest BCUT2D eigenvalue weighted by Gasteiger charge is 2.60. The van der Waals surface area contributed by atoms with Gasteiger partial charge in [-0.05, 0) is 56.8 Å². The summed E-state index contributed by atoms with van der Waals surface area (Å²) >= 11 is 3.55. The van der Waals surface area contributed by atoms with Crippen molar-refractivity contribution in [2.45, 2.75) is 37.3 Å². The maximum absolute atomic E-state index is 5.47. The molecule has 3 aromatic heterocycles. The zero-order valence-corrected chi connectivity index (χ0v) is 20.2. The third-order valence-electron chi connectivity index (χ3n) is 6.92. The van der Waals surface area contributed by atoms with Crippen LogP contribution >= 0.6 is 23.1 Å². The Morgan fingerprint density at radius 3 is 3.03 bits per heavy atom. The first kappa shape index (κ1) is 20.4. The number of rotatable bonds is 7. The molecule has 1 saturated heterocycles. The minimum absolute atomic E-state index is 0.367. The predicted molar refractivity (Wildman–Crippen MR) is 127 cm³/mol. The molecular formula is C23H26N6OS2. The Bertz CT molecular complexity index is 1290. The van der Waals surface area contributed by atoms with Crippen molar-refractivity contribution in [2.75, 3.05) is 25.4 Å². The van der Waals surface area contributed by atoms with Crippen molar-refractivity contribution >= 4 is 33.3 Å².